The van der Waals surface area contributed by atoms with Gasteiger partial charge in [0.15, 0.2) is 11.6 Å². The molecule has 0 saturated carbocycles. The summed E-state index contributed by atoms with van der Waals surface area (Å²) in [5, 5.41) is 41.7. The van der Waals surface area contributed by atoms with Crippen molar-refractivity contribution < 1.29 is 125 Å². The molecule has 3 heterocycles. The van der Waals surface area contributed by atoms with Crippen LogP contribution in [-0.4, -0.2) is 247 Å². The summed E-state index contributed by atoms with van der Waals surface area (Å²) in [5.41, 5.74) is 25.4. The van der Waals surface area contributed by atoms with Gasteiger partial charge in [-0.2, -0.15) is 0 Å². The molecular weight excluding hydrogens is 1480 g/mol. The van der Waals surface area contributed by atoms with E-state index in [1.54, 1.807) is 26.1 Å². The molecule has 3 saturated heterocycles. The maximum atomic E-state index is 12.3. The van der Waals surface area contributed by atoms with E-state index in [4.69, 9.17) is 17.2 Å². The Morgan fingerprint density at radius 2 is 0.750 bits per heavy atom. The minimum atomic E-state index is -1.49. The van der Waals surface area contributed by atoms with Crippen LogP contribution >= 0.6 is 0 Å². The monoisotopic (exact) mass is 1600 g/mol. The number of hydroxylamine groups is 6. The highest BCUT2D eigenvalue weighted by Gasteiger charge is 2.36. The van der Waals surface area contributed by atoms with Crippen molar-refractivity contribution >= 4 is 124 Å². The Balaban J connectivity index is 0.000000889. The summed E-state index contributed by atoms with van der Waals surface area (Å²) in [6.45, 7) is 8.10. The normalized spacial score (nSPS) is 14.8. The van der Waals surface area contributed by atoms with Gasteiger partial charge in [0.2, 0.25) is 58.8 Å². The lowest BCUT2D eigenvalue weighted by atomic mass is 10.0. The summed E-state index contributed by atoms with van der Waals surface area (Å²) in [6, 6.07) is -2.75. The molecular formula is C68H112N18O26. The molecule has 0 aromatic carbocycles. The number of rotatable bonds is 59. The van der Waals surface area contributed by atoms with Gasteiger partial charge in [-0.15, -0.1) is 15.2 Å². The quantitative estimate of drug-likeness (QED) is 0.00672. The second kappa shape index (κ2) is 58.0. The third-order valence-electron chi connectivity index (χ3n) is 16.6. The van der Waals surface area contributed by atoms with Crippen molar-refractivity contribution in [2.24, 2.45) is 40.9 Å². The molecule has 0 bridgehead atoms. The molecule has 0 spiro atoms. The first kappa shape index (κ1) is 100. The molecule has 6 atom stereocenters. The van der Waals surface area contributed by atoms with Crippen LogP contribution in [0.2, 0.25) is 0 Å². The number of unbranched alkanes of at least 4 members (excludes halogenated alkanes) is 3. The number of amides is 14. The van der Waals surface area contributed by atoms with E-state index in [2.05, 4.69) is 73.4 Å². The highest BCUT2D eigenvalue weighted by atomic mass is 16.7. The summed E-state index contributed by atoms with van der Waals surface area (Å²) in [5.74, 6) is -13.3. The van der Waals surface area contributed by atoms with Gasteiger partial charge in [0, 0.05) is 101 Å². The van der Waals surface area contributed by atoms with Crippen molar-refractivity contribution in [3.63, 3.8) is 0 Å². The number of Topliss-reactive ketones (excluding diaryl/α,β-unsaturated/α-hetero) is 4. The van der Waals surface area contributed by atoms with Crippen LogP contribution in [0, 0.1) is 23.7 Å². The van der Waals surface area contributed by atoms with Gasteiger partial charge in [-0.05, 0) is 77.3 Å². The molecule has 0 aliphatic carbocycles. The molecule has 112 heavy (non-hydrogen) atoms. The van der Waals surface area contributed by atoms with Crippen LogP contribution in [0.3, 0.4) is 0 Å². The van der Waals surface area contributed by atoms with E-state index in [0.29, 0.717) is 68.4 Å². The van der Waals surface area contributed by atoms with E-state index >= 15 is 0 Å². The van der Waals surface area contributed by atoms with Crippen LogP contribution in [0.15, 0.2) is 0 Å². The average molecular weight is 1600 g/mol. The van der Waals surface area contributed by atoms with Crippen molar-refractivity contribution in [1.82, 2.24) is 79.4 Å². The summed E-state index contributed by atoms with van der Waals surface area (Å²) in [6.07, 6.45) is 7.07. The number of ketones is 4. The SMILES string of the molecule is C[C@@H](CCCCNN[C@@H](CO)C(=O)C(=O)CNN[C@@H](CO)C(=O)NC(=O)CC(=O)ON1C(=O)CCC1=O)C(N)=O.C[C@H](CCCCNCC(=O)CNCNC(=O)CCCC(=O)NCNCC(=O)CNCCC[C@H](C)C(N)=O)C(=O)NCCCC[C@H](C)C(N)=O.O=C(CCCC(=O)ON1C(=O)CCC1=O)ON1C(=O)CCC1=O. The number of hydrogen-bond acceptors (Lipinski definition) is 34. The van der Waals surface area contributed by atoms with E-state index in [0.717, 1.165) is 44.9 Å². The van der Waals surface area contributed by atoms with Crippen molar-refractivity contribution in [2.75, 3.05) is 85.5 Å². The van der Waals surface area contributed by atoms with Crippen LogP contribution in [-0.2, 0) is 115 Å². The number of imide groups is 4. The van der Waals surface area contributed by atoms with Crippen molar-refractivity contribution in [2.45, 2.75) is 194 Å². The van der Waals surface area contributed by atoms with E-state index in [9.17, 15) is 111 Å². The Kier molecular flexibility index (Phi) is 51.9. The summed E-state index contributed by atoms with van der Waals surface area (Å²) in [7, 11) is 0. The predicted molar refractivity (Wildman–Crippen MR) is 387 cm³/mol. The number of nitrogens with one attached hydrogen (secondary N) is 12. The molecule has 3 fully saturated rings. The fourth-order valence-corrected chi connectivity index (χ4v) is 9.61. The number of primary amides is 3. The lowest BCUT2D eigenvalue weighted by Crippen LogP contribution is -2.56. The first-order chi connectivity index (χ1) is 53.1. The van der Waals surface area contributed by atoms with Gasteiger partial charge in [-0.1, -0.05) is 47.0 Å². The Bertz CT molecular complexity index is 3120. The van der Waals surface area contributed by atoms with Crippen molar-refractivity contribution in [3.05, 3.63) is 0 Å². The zero-order valence-corrected chi connectivity index (χ0v) is 63.9. The maximum absolute atomic E-state index is 12.3. The molecule has 44 nitrogen and oxygen atoms in total. The standard InChI is InChI=1S/C33H63N9O7.C22H35N7O11.C13H14N2O8/c1-24(31(34)47)10-5-7-17-40-33(49)26(3)11-4-6-15-36-18-27(43)20-38-22-41-29(45)13-8-14-30(46)42-23-39-21-28(44)19-37-16-9-12-25(2)32(35)48;1-12(21(23)38)4-2-3-7-24-27-13(10-30)20(37)15(32)9-25-28-14(11-31)22(39)26-16(33)8-19(36)40-29-17(34)5-6-18(29)35;16-8-4-5-9(17)14(8)22-12(20)2-1-3-13(21)23-15-10(18)6-7-11(15)19/h24-26,36-39H,4-23H2,1-3H3,(H2,34,47)(H2,35,48)(H,40,49)(H,41,45)(H,42,46);12-14,24-25,27-28,30-31H,2-11H2,1H3,(H2,23,38)(H,26,33,39);1-7H2/t24-,25-,26+;12-,13-,14-;/m00./s1. The van der Waals surface area contributed by atoms with Crippen LogP contribution < -0.4 is 81.4 Å². The van der Waals surface area contributed by atoms with E-state index < -0.39 is 121 Å². The van der Waals surface area contributed by atoms with Gasteiger partial charge in [0.25, 0.3) is 35.4 Å². The first-order valence-electron chi connectivity index (χ1n) is 37.0. The highest BCUT2D eigenvalue weighted by Crippen LogP contribution is 2.17. The molecule has 20 N–H and O–H groups in total. The zero-order chi connectivity index (χ0) is 84.1. The number of aliphatic hydroxyl groups is 2. The van der Waals surface area contributed by atoms with Crippen molar-refractivity contribution in [3.8, 4) is 0 Å². The third kappa shape index (κ3) is 45.4. The molecule has 630 valence electrons. The van der Waals surface area contributed by atoms with Gasteiger partial charge in [-0.3, -0.25) is 108 Å². The lowest BCUT2D eigenvalue weighted by molar-refractivity contribution is -0.199. The molecule has 14 amide bonds. The Morgan fingerprint density at radius 3 is 1.18 bits per heavy atom. The zero-order valence-electron chi connectivity index (χ0n) is 63.9. The molecule has 0 aromatic rings. The van der Waals surface area contributed by atoms with E-state index in [1.165, 1.54) is 0 Å². The average Bonchev–Trinajstić information content (AvgIpc) is 1.77. The van der Waals surface area contributed by atoms with Crippen LogP contribution in [0.5, 0.6) is 0 Å². The number of carbonyl (C=O) groups is 21. The fraction of sp³-hybridized carbons (Fsp3) is 0.691. The van der Waals surface area contributed by atoms with Gasteiger partial charge < -0.3 is 68.5 Å². The molecule has 3 aliphatic rings. The summed E-state index contributed by atoms with van der Waals surface area (Å²) in [4.78, 5) is 258. The highest BCUT2D eigenvalue weighted by molar-refractivity contribution is 6.40. The van der Waals surface area contributed by atoms with E-state index in [-0.39, 0.29) is 180 Å². The van der Waals surface area contributed by atoms with Crippen molar-refractivity contribution in [1.29, 1.82) is 0 Å². The number of nitrogens with zero attached hydrogens (tertiary/aromatic N) is 3. The second-order valence-electron chi connectivity index (χ2n) is 26.3. The van der Waals surface area contributed by atoms with Crippen LogP contribution in [0.25, 0.3) is 0 Å². The summed E-state index contributed by atoms with van der Waals surface area (Å²) >= 11 is 0. The van der Waals surface area contributed by atoms with E-state index in [1.807, 2.05) is 6.92 Å². The van der Waals surface area contributed by atoms with Gasteiger partial charge in [-0.25, -0.2) is 30.7 Å². The van der Waals surface area contributed by atoms with Crippen LogP contribution in [0.1, 0.15) is 182 Å². The lowest BCUT2D eigenvalue weighted by Gasteiger charge is -2.18. The smallest absolute Gasteiger partial charge is 0.342 e. The number of hydrazine groups is 2. The fourth-order valence-electron chi connectivity index (χ4n) is 9.61. The topological polar surface area (TPSA) is 659 Å². The molecule has 3 aliphatic heterocycles. The third-order valence-corrected chi connectivity index (χ3v) is 16.6. The minimum absolute atomic E-state index is 0.00364. The Morgan fingerprint density at radius 1 is 0.384 bits per heavy atom. The molecule has 0 aromatic heterocycles. The molecule has 0 unspecified atom stereocenters. The van der Waals surface area contributed by atoms with Crippen LogP contribution in [0.4, 0.5) is 0 Å². The summed E-state index contributed by atoms with van der Waals surface area (Å²) < 4.78 is 0. The minimum Gasteiger partial charge on any atom is -0.394 e. The number of aliphatic hydroxyl groups excluding tert-OH is 2. The molecule has 0 radical (unpaired) electrons. The number of carbonyl (C=O) groups excluding carboxylic acids is 21. The molecule has 44 heteroatoms. The maximum Gasteiger partial charge on any atom is 0.342 e. The Hall–Kier alpha value is -9.93. The Labute approximate surface area is 646 Å². The van der Waals surface area contributed by atoms with Gasteiger partial charge in [0.1, 0.15) is 18.5 Å². The number of nitrogens with two attached hydrogens (primary N) is 3. The largest absolute Gasteiger partial charge is 0.394 e. The predicted octanol–water partition coefficient (Wildman–Crippen LogP) is -6.75. The van der Waals surface area contributed by atoms with Gasteiger partial charge in [0.05, 0.1) is 59.3 Å². The number of hydrogen-bond donors (Lipinski definition) is 17. The van der Waals surface area contributed by atoms with Gasteiger partial charge >= 0.3 is 17.9 Å². The second-order valence-corrected chi connectivity index (χ2v) is 26.3. The first-order valence-corrected chi connectivity index (χ1v) is 37.0. The molecule has 3 rings (SSSR count).